The second-order valence-electron chi connectivity index (χ2n) is 2.86. The Morgan fingerprint density at radius 1 is 1.62 bits per heavy atom. The molecule has 1 N–H and O–H groups in total. The Bertz CT molecular complexity index is 329. The fourth-order valence-corrected chi connectivity index (χ4v) is 1.08. The van der Waals surface area contributed by atoms with Crippen molar-refractivity contribution in [3.8, 4) is 0 Å². The quantitative estimate of drug-likeness (QED) is 0.565. The van der Waals surface area contributed by atoms with Crippen LogP contribution in [0.1, 0.15) is 28.9 Å². The largest absolute Gasteiger partial charge is 0.384 e. The molecule has 0 bridgehead atoms. The molecule has 68 valence electrons. The molecule has 0 saturated heterocycles. The van der Waals surface area contributed by atoms with Crippen molar-refractivity contribution in [1.29, 1.82) is 0 Å². The molecule has 0 fully saturated rings. The van der Waals surface area contributed by atoms with Gasteiger partial charge in [0.15, 0.2) is 5.78 Å². The lowest BCUT2D eigenvalue weighted by molar-refractivity contribution is 0.101. The first kappa shape index (κ1) is 9.68. The van der Waals surface area contributed by atoms with E-state index in [2.05, 4.69) is 6.58 Å². The average Bonchev–Trinajstić information content (AvgIpc) is 2.17. The zero-order valence-electron chi connectivity index (χ0n) is 7.53. The van der Waals surface area contributed by atoms with Crippen LogP contribution in [0.25, 0.3) is 0 Å². The minimum Gasteiger partial charge on any atom is -0.384 e. The number of benzene rings is 1. The van der Waals surface area contributed by atoms with Gasteiger partial charge in [-0.15, -0.1) is 6.58 Å². The van der Waals surface area contributed by atoms with Crippen LogP contribution in [0.4, 0.5) is 0 Å². The first-order chi connectivity index (χ1) is 6.15. The molecule has 0 heterocycles. The predicted molar refractivity (Wildman–Crippen MR) is 51.6 cm³/mol. The van der Waals surface area contributed by atoms with Gasteiger partial charge in [-0.25, -0.2) is 0 Å². The third-order valence-corrected chi connectivity index (χ3v) is 1.86. The Morgan fingerprint density at radius 2 is 2.31 bits per heavy atom. The van der Waals surface area contributed by atoms with E-state index in [1.807, 2.05) is 0 Å². The number of carbonyl (C=O) groups excluding carboxylic acids is 1. The van der Waals surface area contributed by atoms with Crippen LogP contribution in [0, 0.1) is 0 Å². The summed E-state index contributed by atoms with van der Waals surface area (Å²) < 4.78 is 0. The Kier molecular flexibility index (Phi) is 2.98. The van der Waals surface area contributed by atoms with Crippen molar-refractivity contribution in [3.05, 3.63) is 48.0 Å². The highest BCUT2D eigenvalue weighted by atomic mass is 16.3. The lowest BCUT2D eigenvalue weighted by Gasteiger charge is -2.05. The van der Waals surface area contributed by atoms with Crippen LogP contribution in [0.2, 0.25) is 0 Å². The molecule has 0 aliphatic heterocycles. The summed E-state index contributed by atoms with van der Waals surface area (Å²) in [6.07, 6.45) is 0.735. The smallest absolute Gasteiger partial charge is 0.159 e. The van der Waals surface area contributed by atoms with Crippen LogP contribution < -0.4 is 0 Å². The van der Waals surface area contributed by atoms with Crippen molar-refractivity contribution in [2.24, 2.45) is 0 Å². The molecule has 2 nitrogen and oxygen atoms in total. The van der Waals surface area contributed by atoms with E-state index in [0.29, 0.717) is 11.1 Å². The SMILES string of the molecule is C=CC(O)c1cccc(C(C)=O)c1. The standard InChI is InChI=1S/C11H12O2/c1-3-11(13)10-6-4-5-9(7-10)8(2)12/h3-7,11,13H,1H2,2H3. The van der Waals surface area contributed by atoms with Crippen LogP contribution in [-0.4, -0.2) is 10.9 Å². The number of aliphatic hydroxyl groups excluding tert-OH is 1. The van der Waals surface area contributed by atoms with Crippen molar-refractivity contribution >= 4 is 5.78 Å². The van der Waals surface area contributed by atoms with Crippen molar-refractivity contribution in [2.45, 2.75) is 13.0 Å². The number of rotatable bonds is 3. The van der Waals surface area contributed by atoms with Crippen LogP contribution in [0.15, 0.2) is 36.9 Å². The maximum absolute atomic E-state index is 11.0. The van der Waals surface area contributed by atoms with Gasteiger partial charge in [0.05, 0.1) is 6.10 Å². The number of ketones is 1. The number of aliphatic hydroxyl groups is 1. The highest BCUT2D eigenvalue weighted by Crippen LogP contribution is 2.15. The second kappa shape index (κ2) is 4.01. The lowest BCUT2D eigenvalue weighted by atomic mass is 10.0. The maximum Gasteiger partial charge on any atom is 0.159 e. The normalized spacial score (nSPS) is 12.2. The molecule has 0 aliphatic rings. The zero-order valence-corrected chi connectivity index (χ0v) is 7.53. The first-order valence-electron chi connectivity index (χ1n) is 4.06. The van der Waals surface area contributed by atoms with Crippen molar-refractivity contribution in [1.82, 2.24) is 0 Å². The Morgan fingerprint density at radius 3 is 2.85 bits per heavy atom. The summed E-state index contributed by atoms with van der Waals surface area (Å²) in [5.74, 6) is -0.00175. The molecule has 0 amide bonds. The van der Waals surface area contributed by atoms with E-state index < -0.39 is 6.10 Å². The molecule has 13 heavy (non-hydrogen) atoms. The zero-order chi connectivity index (χ0) is 9.84. The van der Waals surface area contributed by atoms with Gasteiger partial charge < -0.3 is 5.11 Å². The molecule has 0 aliphatic carbocycles. The van der Waals surface area contributed by atoms with Gasteiger partial charge in [-0.1, -0.05) is 24.3 Å². The minimum absolute atomic E-state index is 0.00175. The topological polar surface area (TPSA) is 37.3 Å². The summed E-state index contributed by atoms with van der Waals surface area (Å²) >= 11 is 0. The van der Waals surface area contributed by atoms with Crippen LogP contribution in [0.3, 0.4) is 0 Å². The molecule has 0 saturated carbocycles. The highest BCUT2D eigenvalue weighted by molar-refractivity contribution is 5.94. The highest BCUT2D eigenvalue weighted by Gasteiger charge is 2.04. The predicted octanol–water partition coefficient (Wildman–Crippen LogP) is 2.11. The van der Waals surface area contributed by atoms with Crippen molar-refractivity contribution in [3.63, 3.8) is 0 Å². The third-order valence-electron chi connectivity index (χ3n) is 1.86. The van der Waals surface area contributed by atoms with Gasteiger partial charge in [0.1, 0.15) is 0 Å². The van der Waals surface area contributed by atoms with Crippen molar-refractivity contribution < 1.29 is 9.90 Å². The molecule has 1 atom stereocenters. The number of Topliss-reactive ketones (excluding diaryl/α,β-unsaturated/α-hetero) is 1. The molecular weight excluding hydrogens is 164 g/mol. The first-order valence-corrected chi connectivity index (χ1v) is 4.06. The summed E-state index contributed by atoms with van der Waals surface area (Å²) in [6, 6.07) is 6.91. The molecule has 1 rings (SSSR count). The van der Waals surface area contributed by atoms with Gasteiger partial charge in [0.25, 0.3) is 0 Å². The lowest BCUT2D eigenvalue weighted by Crippen LogP contribution is -1.97. The van der Waals surface area contributed by atoms with E-state index in [1.54, 1.807) is 24.3 Å². The Balaban J connectivity index is 3.04. The van der Waals surface area contributed by atoms with Gasteiger partial charge in [-0.2, -0.15) is 0 Å². The number of hydrogen-bond donors (Lipinski definition) is 1. The molecule has 2 heteroatoms. The minimum atomic E-state index is -0.695. The number of carbonyl (C=O) groups is 1. The van der Waals surface area contributed by atoms with Gasteiger partial charge in [0, 0.05) is 5.56 Å². The van der Waals surface area contributed by atoms with Crippen molar-refractivity contribution in [2.75, 3.05) is 0 Å². The fraction of sp³-hybridized carbons (Fsp3) is 0.182. The summed E-state index contributed by atoms with van der Waals surface area (Å²) in [4.78, 5) is 11.0. The molecule has 0 aromatic heterocycles. The third kappa shape index (κ3) is 2.26. The molecule has 1 unspecified atom stereocenters. The molecular formula is C11H12O2. The summed E-state index contributed by atoms with van der Waals surface area (Å²) in [6.45, 7) is 4.98. The van der Waals surface area contributed by atoms with E-state index in [9.17, 15) is 9.90 Å². The van der Waals surface area contributed by atoms with Gasteiger partial charge in [-0.05, 0) is 18.6 Å². The van der Waals surface area contributed by atoms with Crippen LogP contribution in [0.5, 0.6) is 0 Å². The average molecular weight is 176 g/mol. The van der Waals surface area contributed by atoms with E-state index >= 15 is 0 Å². The van der Waals surface area contributed by atoms with E-state index in [-0.39, 0.29) is 5.78 Å². The van der Waals surface area contributed by atoms with E-state index in [0.717, 1.165) is 0 Å². The summed E-state index contributed by atoms with van der Waals surface area (Å²) in [7, 11) is 0. The van der Waals surface area contributed by atoms with E-state index in [4.69, 9.17) is 0 Å². The monoisotopic (exact) mass is 176 g/mol. The van der Waals surface area contributed by atoms with Gasteiger partial charge >= 0.3 is 0 Å². The Hall–Kier alpha value is -1.41. The fourth-order valence-electron chi connectivity index (χ4n) is 1.08. The maximum atomic E-state index is 11.0. The molecule has 0 radical (unpaired) electrons. The van der Waals surface area contributed by atoms with Crippen LogP contribution >= 0.6 is 0 Å². The van der Waals surface area contributed by atoms with Crippen LogP contribution in [-0.2, 0) is 0 Å². The molecule has 1 aromatic rings. The Labute approximate surface area is 77.5 Å². The van der Waals surface area contributed by atoms with Gasteiger partial charge in [-0.3, -0.25) is 4.79 Å². The molecule has 0 spiro atoms. The summed E-state index contributed by atoms with van der Waals surface area (Å²) in [5.41, 5.74) is 1.31. The summed E-state index contributed by atoms with van der Waals surface area (Å²) in [5, 5.41) is 9.41. The second-order valence-corrected chi connectivity index (χ2v) is 2.86. The number of hydrogen-bond acceptors (Lipinski definition) is 2. The van der Waals surface area contributed by atoms with Gasteiger partial charge in [0.2, 0.25) is 0 Å². The molecule has 1 aromatic carbocycles. The van der Waals surface area contributed by atoms with E-state index in [1.165, 1.54) is 13.0 Å².